The first-order valence-electron chi connectivity index (χ1n) is 3.72. The average molecular weight is 241 g/mol. The largest absolute Gasteiger partial charge is 0.342 e. The highest BCUT2D eigenvalue weighted by molar-refractivity contribution is 9.09. The molecule has 1 rings (SSSR count). The zero-order chi connectivity index (χ0) is 8.27. The minimum absolute atomic E-state index is 0.0612. The number of nitrogens with zero attached hydrogens (tertiary/aromatic N) is 1. The van der Waals surface area contributed by atoms with E-state index in [1.807, 2.05) is 4.90 Å². The molecule has 11 heavy (non-hydrogen) atoms. The predicted octanol–water partition coefficient (Wildman–Crippen LogP) is 1.61. The lowest BCUT2D eigenvalue weighted by Gasteiger charge is -2.28. The normalized spacial score (nSPS) is 20.4. The second kappa shape index (κ2) is 4.31. The third-order valence-corrected chi connectivity index (χ3v) is 3.04. The summed E-state index contributed by atoms with van der Waals surface area (Å²) in [6, 6.07) is 0. The molecule has 64 valence electrons. The Labute approximate surface area is 80.0 Å². The SMILES string of the molecule is O=C(CCl)N1CCC(Br)CC1. The van der Waals surface area contributed by atoms with Gasteiger partial charge in [0.2, 0.25) is 5.91 Å². The second-order valence-corrected chi connectivity index (χ2v) is 4.25. The van der Waals surface area contributed by atoms with Crippen molar-refractivity contribution in [2.75, 3.05) is 19.0 Å². The summed E-state index contributed by atoms with van der Waals surface area (Å²) in [4.78, 5) is 13.5. The summed E-state index contributed by atoms with van der Waals surface area (Å²) in [5.41, 5.74) is 0. The van der Waals surface area contributed by atoms with E-state index in [9.17, 15) is 4.79 Å². The van der Waals surface area contributed by atoms with Crippen molar-refractivity contribution >= 4 is 33.4 Å². The third-order valence-electron chi connectivity index (χ3n) is 1.89. The minimum Gasteiger partial charge on any atom is -0.342 e. The maximum atomic E-state index is 11.1. The first-order chi connectivity index (χ1) is 5.24. The van der Waals surface area contributed by atoms with Crippen LogP contribution in [0.15, 0.2) is 0 Å². The third kappa shape index (κ3) is 2.64. The van der Waals surface area contributed by atoms with Crippen LogP contribution >= 0.6 is 27.5 Å². The summed E-state index contributed by atoms with van der Waals surface area (Å²) in [5.74, 6) is 0.179. The maximum absolute atomic E-state index is 11.1. The van der Waals surface area contributed by atoms with Crippen LogP contribution in [0.3, 0.4) is 0 Å². The molecule has 0 radical (unpaired) electrons. The molecule has 0 unspecified atom stereocenters. The van der Waals surface area contributed by atoms with Gasteiger partial charge in [0.15, 0.2) is 0 Å². The molecule has 2 nitrogen and oxygen atoms in total. The number of carbonyl (C=O) groups is 1. The Morgan fingerprint density at radius 1 is 1.55 bits per heavy atom. The molecule has 1 saturated heterocycles. The zero-order valence-corrected chi connectivity index (χ0v) is 8.57. The Bertz CT molecular complexity index is 145. The fraction of sp³-hybridized carbons (Fsp3) is 0.857. The summed E-state index contributed by atoms with van der Waals surface area (Å²) in [5, 5.41) is 0. The van der Waals surface area contributed by atoms with E-state index in [1.165, 1.54) is 0 Å². The van der Waals surface area contributed by atoms with Gasteiger partial charge in [-0.2, -0.15) is 0 Å². The molecule has 1 aliphatic heterocycles. The number of rotatable bonds is 1. The van der Waals surface area contributed by atoms with Gasteiger partial charge in [-0.3, -0.25) is 4.79 Å². The van der Waals surface area contributed by atoms with Gasteiger partial charge in [0.25, 0.3) is 0 Å². The molecule has 4 heteroatoms. The van der Waals surface area contributed by atoms with E-state index in [4.69, 9.17) is 11.6 Å². The number of piperidine rings is 1. The fourth-order valence-electron chi connectivity index (χ4n) is 1.18. The van der Waals surface area contributed by atoms with E-state index >= 15 is 0 Å². The van der Waals surface area contributed by atoms with E-state index in [1.54, 1.807) is 0 Å². The van der Waals surface area contributed by atoms with Crippen molar-refractivity contribution in [2.24, 2.45) is 0 Å². The van der Waals surface area contributed by atoms with Crippen LogP contribution in [0.1, 0.15) is 12.8 Å². The highest BCUT2D eigenvalue weighted by atomic mass is 79.9. The highest BCUT2D eigenvalue weighted by Gasteiger charge is 2.19. The van der Waals surface area contributed by atoms with Gasteiger partial charge in [0.1, 0.15) is 5.88 Å². The molecule has 1 aliphatic rings. The lowest BCUT2D eigenvalue weighted by atomic mass is 10.1. The highest BCUT2D eigenvalue weighted by Crippen LogP contribution is 2.17. The van der Waals surface area contributed by atoms with Gasteiger partial charge in [0, 0.05) is 17.9 Å². The number of halogens is 2. The molecule has 0 N–H and O–H groups in total. The van der Waals surface area contributed by atoms with E-state index in [0.29, 0.717) is 4.83 Å². The van der Waals surface area contributed by atoms with Gasteiger partial charge in [-0.1, -0.05) is 15.9 Å². The van der Waals surface area contributed by atoms with Crippen LogP contribution in [0.5, 0.6) is 0 Å². The fourth-order valence-corrected chi connectivity index (χ4v) is 1.76. The quantitative estimate of drug-likeness (QED) is 0.638. The van der Waals surface area contributed by atoms with Crippen molar-refractivity contribution in [3.63, 3.8) is 0 Å². The van der Waals surface area contributed by atoms with Crippen LogP contribution in [0.2, 0.25) is 0 Å². The predicted molar refractivity (Wildman–Crippen MR) is 49.2 cm³/mol. The molecule has 0 aliphatic carbocycles. The molecule has 0 bridgehead atoms. The molecule has 1 fully saturated rings. The number of amides is 1. The van der Waals surface area contributed by atoms with Gasteiger partial charge < -0.3 is 4.90 Å². The van der Waals surface area contributed by atoms with Gasteiger partial charge in [0.05, 0.1) is 0 Å². The first-order valence-corrected chi connectivity index (χ1v) is 5.17. The van der Waals surface area contributed by atoms with E-state index in [0.717, 1.165) is 25.9 Å². The zero-order valence-electron chi connectivity index (χ0n) is 6.22. The van der Waals surface area contributed by atoms with Crippen LogP contribution in [0.25, 0.3) is 0 Å². The van der Waals surface area contributed by atoms with E-state index in [2.05, 4.69) is 15.9 Å². The van der Waals surface area contributed by atoms with E-state index < -0.39 is 0 Å². The van der Waals surface area contributed by atoms with Crippen molar-refractivity contribution < 1.29 is 4.79 Å². The van der Waals surface area contributed by atoms with Gasteiger partial charge in [-0.15, -0.1) is 11.6 Å². The average Bonchev–Trinajstić information content (AvgIpc) is 2.05. The van der Waals surface area contributed by atoms with Crippen molar-refractivity contribution in [2.45, 2.75) is 17.7 Å². The molecule has 1 amide bonds. The molecule has 0 aromatic heterocycles. The Morgan fingerprint density at radius 3 is 2.55 bits per heavy atom. The van der Waals surface area contributed by atoms with Crippen LogP contribution in [-0.2, 0) is 4.79 Å². The van der Waals surface area contributed by atoms with Crippen LogP contribution in [-0.4, -0.2) is 34.6 Å². The first kappa shape index (κ1) is 9.33. The van der Waals surface area contributed by atoms with Crippen LogP contribution in [0.4, 0.5) is 0 Å². The number of carbonyl (C=O) groups excluding carboxylic acids is 1. The Kier molecular flexibility index (Phi) is 3.66. The smallest absolute Gasteiger partial charge is 0.237 e. The maximum Gasteiger partial charge on any atom is 0.237 e. The Morgan fingerprint density at radius 2 is 2.09 bits per heavy atom. The number of hydrogen-bond acceptors (Lipinski definition) is 1. The summed E-state index contributed by atoms with van der Waals surface area (Å²) in [7, 11) is 0. The van der Waals surface area contributed by atoms with Gasteiger partial charge >= 0.3 is 0 Å². The van der Waals surface area contributed by atoms with Crippen LogP contribution < -0.4 is 0 Å². The van der Waals surface area contributed by atoms with E-state index in [-0.39, 0.29) is 11.8 Å². The lowest BCUT2D eigenvalue weighted by molar-refractivity contribution is -0.129. The standard InChI is InChI=1S/C7H11BrClNO/c8-6-1-3-10(4-2-6)7(11)5-9/h6H,1-5H2. The molecule has 0 atom stereocenters. The number of likely N-dealkylation sites (tertiary alicyclic amines) is 1. The topological polar surface area (TPSA) is 20.3 Å². The Hall–Kier alpha value is 0.240. The van der Waals surface area contributed by atoms with Crippen LogP contribution in [0, 0.1) is 0 Å². The molecule has 1 heterocycles. The lowest BCUT2D eigenvalue weighted by Crippen LogP contribution is -2.39. The van der Waals surface area contributed by atoms with Crippen molar-refractivity contribution in [1.82, 2.24) is 4.90 Å². The molecule has 0 aromatic rings. The van der Waals surface area contributed by atoms with Gasteiger partial charge in [-0.05, 0) is 12.8 Å². The number of alkyl halides is 2. The monoisotopic (exact) mass is 239 g/mol. The Balaban J connectivity index is 2.33. The summed E-state index contributed by atoms with van der Waals surface area (Å²) >= 11 is 8.93. The van der Waals surface area contributed by atoms with Crippen molar-refractivity contribution in [3.8, 4) is 0 Å². The molecule has 0 aromatic carbocycles. The summed E-state index contributed by atoms with van der Waals surface area (Å²) < 4.78 is 0. The van der Waals surface area contributed by atoms with Gasteiger partial charge in [-0.25, -0.2) is 0 Å². The minimum atomic E-state index is 0.0612. The molecule has 0 spiro atoms. The summed E-state index contributed by atoms with van der Waals surface area (Å²) in [6.45, 7) is 1.70. The summed E-state index contributed by atoms with van der Waals surface area (Å²) in [6.07, 6.45) is 2.09. The second-order valence-electron chi connectivity index (χ2n) is 2.69. The molecule has 0 saturated carbocycles. The van der Waals surface area contributed by atoms with Crippen molar-refractivity contribution in [3.05, 3.63) is 0 Å². The molecular weight excluding hydrogens is 229 g/mol. The molecular formula is C7H11BrClNO. The van der Waals surface area contributed by atoms with Crippen molar-refractivity contribution in [1.29, 1.82) is 0 Å². The number of hydrogen-bond donors (Lipinski definition) is 0.